The van der Waals surface area contributed by atoms with Crippen LogP contribution in [0.3, 0.4) is 0 Å². The Morgan fingerprint density at radius 2 is 1.48 bits per heavy atom. The molecule has 1 aliphatic heterocycles. The lowest BCUT2D eigenvalue weighted by Crippen LogP contribution is -2.49. The monoisotopic (exact) mass is 474 g/mol. The van der Waals surface area contributed by atoms with Crippen LogP contribution in [0.2, 0.25) is 15.1 Å². The van der Waals surface area contributed by atoms with Gasteiger partial charge in [-0.25, -0.2) is 0 Å². The third-order valence-electron chi connectivity index (χ3n) is 6.59. The predicted octanol–water partition coefficient (Wildman–Crippen LogP) is 6.43. The molecule has 1 aliphatic carbocycles. The number of halogens is 3. The Bertz CT molecular complexity index is 1040. The Hall–Kier alpha value is -1.72. The van der Waals surface area contributed by atoms with E-state index in [0.29, 0.717) is 22.1 Å². The highest BCUT2D eigenvalue weighted by Gasteiger charge is 2.32. The number of benzene rings is 2. The standard InChI is InChI=1S/C24H25Cl3N4/c25-17-1-4-19(5-2-17)29-11-13-30(14-12-29)20-6-7-21(16-20)31-10-9-24(28-31)22-8-3-18(26)15-23(22)27/h1-5,8-10,15,20-21H,6-7,11-14,16H2/t20-,21-/m0/s1. The molecule has 2 heterocycles. The van der Waals surface area contributed by atoms with E-state index in [0.717, 1.165) is 55.3 Å². The van der Waals surface area contributed by atoms with Gasteiger partial charge in [-0.1, -0.05) is 34.8 Å². The molecule has 1 saturated carbocycles. The van der Waals surface area contributed by atoms with Crippen molar-refractivity contribution in [2.75, 3.05) is 31.1 Å². The first-order valence-corrected chi connectivity index (χ1v) is 12.0. The minimum absolute atomic E-state index is 0.444. The molecule has 2 aromatic carbocycles. The van der Waals surface area contributed by atoms with Gasteiger partial charge < -0.3 is 4.90 Å². The topological polar surface area (TPSA) is 24.3 Å². The summed E-state index contributed by atoms with van der Waals surface area (Å²) < 4.78 is 2.13. The molecule has 0 radical (unpaired) electrons. The quantitative estimate of drug-likeness (QED) is 0.435. The molecule has 0 N–H and O–H groups in total. The summed E-state index contributed by atoms with van der Waals surface area (Å²) in [6.45, 7) is 4.32. The van der Waals surface area contributed by atoms with Gasteiger partial charge in [-0.15, -0.1) is 0 Å². The maximum absolute atomic E-state index is 6.37. The number of rotatable bonds is 4. The SMILES string of the molecule is Clc1ccc(N2CCN([C@H]3CC[C@H](n4ccc(-c5ccc(Cl)cc5Cl)n4)C3)CC2)cc1. The van der Waals surface area contributed by atoms with Crippen molar-refractivity contribution >= 4 is 40.5 Å². The summed E-state index contributed by atoms with van der Waals surface area (Å²) in [5.41, 5.74) is 3.10. The van der Waals surface area contributed by atoms with Crippen LogP contribution in [0.4, 0.5) is 5.69 Å². The molecule has 3 aromatic rings. The molecule has 0 bridgehead atoms. The third-order valence-corrected chi connectivity index (χ3v) is 7.39. The largest absolute Gasteiger partial charge is 0.369 e. The van der Waals surface area contributed by atoms with E-state index in [1.165, 1.54) is 12.1 Å². The Kier molecular flexibility index (Phi) is 6.16. The van der Waals surface area contributed by atoms with E-state index in [9.17, 15) is 0 Å². The number of nitrogens with zero attached hydrogens (tertiary/aromatic N) is 4. The van der Waals surface area contributed by atoms with Crippen molar-refractivity contribution in [1.29, 1.82) is 0 Å². The second-order valence-corrected chi connectivity index (χ2v) is 9.71. The van der Waals surface area contributed by atoms with Gasteiger partial charge in [0.2, 0.25) is 0 Å². The zero-order valence-electron chi connectivity index (χ0n) is 17.2. The van der Waals surface area contributed by atoms with Crippen LogP contribution < -0.4 is 4.90 Å². The lowest BCUT2D eigenvalue weighted by atomic mass is 10.1. The number of anilines is 1. The van der Waals surface area contributed by atoms with Crippen LogP contribution in [0, 0.1) is 0 Å². The molecule has 0 unspecified atom stereocenters. The summed E-state index contributed by atoms with van der Waals surface area (Å²) in [5.74, 6) is 0. The summed E-state index contributed by atoms with van der Waals surface area (Å²) in [6, 6.07) is 16.9. The summed E-state index contributed by atoms with van der Waals surface area (Å²) in [4.78, 5) is 5.11. The molecule has 0 amide bonds. The molecule has 5 rings (SSSR count). The van der Waals surface area contributed by atoms with Crippen molar-refractivity contribution in [1.82, 2.24) is 14.7 Å². The molecular formula is C24H25Cl3N4. The van der Waals surface area contributed by atoms with Gasteiger partial charge in [0.15, 0.2) is 0 Å². The Morgan fingerprint density at radius 1 is 0.774 bits per heavy atom. The second kappa shape index (κ2) is 9.03. The Morgan fingerprint density at radius 3 is 2.23 bits per heavy atom. The fourth-order valence-electron chi connectivity index (χ4n) is 4.89. The van der Waals surface area contributed by atoms with Gasteiger partial charge in [0.1, 0.15) is 0 Å². The highest BCUT2D eigenvalue weighted by Crippen LogP contribution is 2.35. The van der Waals surface area contributed by atoms with Crippen LogP contribution in [-0.4, -0.2) is 46.9 Å². The molecule has 2 aliphatic rings. The van der Waals surface area contributed by atoms with Gasteiger partial charge in [-0.05, 0) is 67.8 Å². The number of hydrogen-bond acceptors (Lipinski definition) is 3. The van der Waals surface area contributed by atoms with Crippen molar-refractivity contribution in [2.24, 2.45) is 0 Å². The van der Waals surface area contributed by atoms with Crippen molar-refractivity contribution in [2.45, 2.75) is 31.3 Å². The molecule has 0 spiro atoms. The third kappa shape index (κ3) is 4.58. The van der Waals surface area contributed by atoms with Crippen LogP contribution >= 0.6 is 34.8 Å². The Labute approximate surface area is 198 Å². The summed E-state index contributed by atoms with van der Waals surface area (Å²) >= 11 is 18.4. The van der Waals surface area contributed by atoms with Crippen molar-refractivity contribution in [3.8, 4) is 11.3 Å². The second-order valence-electron chi connectivity index (χ2n) is 8.43. The lowest BCUT2D eigenvalue weighted by Gasteiger charge is -2.39. The first-order valence-electron chi connectivity index (χ1n) is 10.8. The molecule has 162 valence electrons. The van der Waals surface area contributed by atoms with Crippen LogP contribution in [0.5, 0.6) is 0 Å². The normalized spacial score (nSPS) is 22.2. The number of aromatic nitrogens is 2. The van der Waals surface area contributed by atoms with Gasteiger partial charge in [0.25, 0.3) is 0 Å². The first kappa shape index (κ1) is 21.1. The number of piperazine rings is 1. The highest BCUT2D eigenvalue weighted by atomic mass is 35.5. The van der Waals surface area contributed by atoms with E-state index in [-0.39, 0.29) is 0 Å². The molecule has 7 heteroatoms. The average molecular weight is 476 g/mol. The molecule has 1 aromatic heterocycles. The maximum Gasteiger partial charge on any atom is 0.0938 e. The van der Waals surface area contributed by atoms with E-state index in [1.54, 1.807) is 6.07 Å². The fraction of sp³-hybridized carbons (Fsp3) is 0.375. The van der Waals surface area contributed by atoms with Gasteiger partial charge in [0.05, 0.1) is 16.8 Å². The molecule has 31 heavy (non-hydrogen) atoms. The van der Waals surface area contributed by atoms with Gasteiger partial charge in [0, 0.05) is 59.7 Å². The van der Waals surface area contributed by atoms with Gasteiger partial charge in [-0.3, -0.25) is 9.58 Å². The van der Waals surface area contributed by atoms with Crippen LogP contribution in [0.1, 0.15) is 25.3 Å². The minimum Gasteiger partial charge on any atom is -0.369 e. The Balaban J connectivity index is 1.19. The smallest absolute Gasteiger partial charge is 0.0938 e. The van der Waals surface area contributed by atoms with Crippen molar-refractivity contribution in [3.05, 3.63) is 69.8 Å². The summed E-state index contributed by atoms with van der Waals surface area (Å²) in [5, 5.41) is 6.92. The van der Waals surface area contributed by atoms with Crippen LogP contribution in [0.15, 0.2) is 54.7 Å². The molecule has 4 nitrogen and oxygen atoms in total. The van der Waals surface area contributed by atoms with E-state index in [4.69, 9.17) is 39.9 Å². The van der Waals surface area contributed by atoms with E-state index >= 15 is 0 Å². The number of hydrogen-bond donors (Lipinski definition) is 0. The molecule has 2 fully saturated rings. The zero-order chi connectivity index (χ0) is 21.4. The van der Waals surface area contributed by atoms with Gasteiger partial charge >= 0.3 is 0 Å². The lowest BCUT2D eigenvalue weighted by molar-refractivity contribution is 0.183. The van der Waals surface area contributed by atoms with E-state index < -0.39 is 0 Å². The zero-order valence-corrected chi connectivity index (χ0v) is 19.5. The molecule has 1 saturated heterocycles. The first-order chi connectivity index (χ1) is 15.1. The van der Waals surface area contributed by atoms with E-state index in [2.05, 4.69) is 32.8 Å². The van der Waals surface area contributed by atoms with Crippen LogP contribution in [0.25, 0.3) is 11.3 Å². The summed E-state index contributed by atoms with van der Waals surface area (Å²) in [6.07, 6.45) is 5.63. The molecule has 2 atom stereocenters. The summed E-state index contributed by atoms with van der Waals surface area (Å²) in [7, 11) is 0. The minimum atomic E-state index is 0.444. The van der Waals surface area contributed by atoms with E-state index in [1.807, 2.05) is 30.3 Å². The maximum atomic E-state index is 6.37. The van der Waals surface area contributed by atoms with Crippen molar-refractivity contribution < 1.29 is 0 Å². The van der Waals surface area contributed by atoms with Crippen LogP contribution in [-0.2, 0) is 0 Å². The predicted molar refractivity (Wildman–Crippen MR) is 130 cm³/mol. The highest BCUT2D eigenvalue weighted by molar-refractivity contribution is 6.36. The molecular weight excluding hydrogens is 451 g/mol. The van der Waals surface area contributed by atoms with Gasteiger partial charge in [-0.2, -0.15) is 5.10 Å². The average Bonchev–Trinajstić information content (AvgIpc) is 3.44. The van der Waals surface area contributed by atoms with Crippen molar-refractivity contribution in [3.63, 3.8) is 0 Å². The fourth-order valence-corrected chi connectivity index (χ4v) is 5.52.